The Morgan fingerprint density at radius 1 is 1.12 bits per heavy atom. The second kappa shape index (κ2) is 10.6. The highest BCUT2D eigenvalue weighted by Crippen LogP contribution is 2.22. The van der Waals surface area contributed by atoms with Gasteiger partial charge in [0.2, 0.25) is 0 Å². The molecule has 0 aromatic heterocycles. The van der Waals surface area contributed by atoms with E-state index in [1.807, 2.05) is 24.3 Å². The lowest BCUT2D eigenvalue weighted by Crippen LogP contribution is -2.40. The fourth-order valence-corrected chi connectivity index (χ4v) is 3.36. The molecule has 0 aliphatic carbocycles. The van der Waals surface area contributed by atoms with Gasteiger partial charge in [0.05, 0.1) is 0 Å². The van der Waals surface area contributed by atoms with Gasteiger partial charge in [-0.3, -0.25) is 4.99 Å². The summed E-state index contributed by atoms with van der Waals surface area (Å²) in [6, 6.07) is 18.5. The minimum Gasteiger partial charge on any atom is -0.371 e. The van der Waals surface area contributed by atoms with Gasteiger partial charge in [-0.25, -0.2) is 0 Å². The van der Waals surface area contributed by atoms with Crippen molar-refractivity contribution in [1.82, 2.24) is 10.6 Å². The zero-order chi connectivity index (χ0) is 17.5. The number of para-hydroxylation sites is 1. The molecule has 0 bridgehead atoms. The minimum absolute atomic E-state index is 0. The highest BCUT2D eigenvalue weighted by atomic mass is 127. The zero-order valence-electron chi connectivity index (χ0n) is 15.0. The summed E-state index contributed by atoms with van der Waals surface area (Å²) in [5.74, 6) is 1.44. The van der Waals surface area contributed by atoms with Crippen LogP contribution in [0.3, 0.4) is 0 Å². The number of guanidine groups is 1. The first-order valence-electron chi connectivity index (χ1n) is 8.74. The Kier molecular flexibility index (Phi) is 8.51. The third kappa shape index (κ3) is 5.77. The van der Waals surface area contributed by atoms with Crippen LogP contribution >= 0.6 is 35.6 Å². The summed E-state index contributed by atoms with van der Waals surface area (Å²) in [6.45, 7) is 3.78. The predicted molar refractivity (Wildman–Crippen MR) is 122 cm³/mol. The number of nitrogens with one attached hydrogen (secondary N) is 2. The van der Waals surface area contributed by atoms with Crippen LogP contribution < -0.4 is 15.5 Å². The molecule has 2 aromatic rings. The van der Waals surface area contributed by atoms with E-state index in [4.69, 9.17) is 11.6 Å². The van der Waals surface area contributed by atoms with E-state index < -0.39 is 0 Å². The molecule has 1 atom stereocenters. The molecule has 1 saturated heterocycles. The van der Waals surface area contributed by atoms with Crippen LogP contribution in [0.25, 0.3) is 0 Å². The highest BCUT2D eigenvalue weighted by Gasteiger charge is 2.22. The SMILES string of the molecule is CN=C(NCc1ccccc1Cl)NCC1CCN(c2ccccc2)C1.I. The van der Waals surface area contributed by atoms with Crippen LogP contribution in [0, 0.1) is 5.92 Å². The summed E-state index contributed by atoms with van der Waals surface area (Å²) in [5, 5.41) is 7.55. The Labute approximate surface area is 178 Å². The Hall–Kier alpha value is -1.47. The van der Waals surface area contributed by atoms with E-state index >= 15 is 0 Å². The number of rotatable bonds is 5. The van der Waals surface area contributed by atoms with Crippen molar-refractivity contribution >= 4 is 47.2 Å². The first-order chi connectivity index (χ1) is 12.3. The molecule has 1 fully saturated rings. The van der Waals surface area contributed by atoms with E-state index in [1.54, 1.807) is 7.05 Å². The standard InChI is InChI=1S/C20H25ClN4.HI/c1-22-20(24-14-17-7-5-6-10-19(17)21)23-13-16-11-12-25(15-16)18-8-3-2-4-9-18;/h2-10,16H,11-15H2,1H3,(H2,22,23,24);1H. The molecule has 2 aromatic carbocycles. The first-order valence-corrected chi connectivity index (χ1v) is 9.12. The third-order valence-electron chi connectivity index (χ3n) is 4.59. The number of aliphatic imine (C=N–C) groups is 1. The van der Waals surface area contributed by atoms with Crippen LogP contribution in [-0.2, 0) is 6.54 Å². The van der Waals surface area contributed by atoms with E-state index in [9.17, 15) is 0 Å². The Bertz CT molecular complexity index is 708. The predicted octanol–water partition coefficient (Wildman–Crippen LogP) is 4.15. The molecule has 2 N–H and O–H groups in total. The molecule has 3 rings (SSSR count). The third-order valence-corrected chi connectivity index (χ3v) is 4.96. The molecule has 0 radical (unpaired) electrons. The highest BCUT2D eigenvalue weighted by molar-refractivity contribution is 14.0. The van der Waals surface area contributed by atoms with E-state index in [1.165, 1.54) is 12.1 Å². The largest absolute Gasteiger partial charge is 0.371 e. The molecule has 1 aliphatic rings. The van der Waals surface area contributed by atoms with Gasteiger partial charge in [-0.2, -0.15) is 0 Å². The fraction of sp³-hybridized carbons (Fsp3) is 0.350. The smallest absolute Gasteiger partial charge is 0.191 e. The van der Waals surface area contributed by atoms with Gasteiger partial charge in [0.25, 0.3) is 0 Å². The van der Waals surface area contributed by atoms with Crippen molar-refractivity contribution in [2.24, 2.45) is 10.9 Å². The van der Waals surface area contributed by atoms with Gasteiger partial charge in [-0.1, -0.05) is 48.0 Å². The van der Waals surface area contributed by atoms with Gasteiger partial charge in [-0.15, -0.1) is 24.0 Å². The maximum atomic E-state index is 6.20. The molecule has 0 spiro atoms. The van der Waals surface area contributed by atoms with Gasteiger partial charge >= 0.3 is 0 Å². The average Bonchev–Trinajstić information content (AvgIpc) is 3.13. The summed E-state index contributed by atoms with van der Waals surface area (Å²) >= 11 is 6.20. The van der Waals surface area contributed by atoms with Crippen molar-refractivity contribution in [1.29, 1.82) is 0 Å². The summed E-state index contributed by atoms with van der Waals surface area (Å²) in [5.41, 5.74) is 2.38. The number of halogens is 2. The number of anilines is 1. The normalized spacial score (nSPS) is 16.9. The summed E-state index contributed by atoms with van der Waals surface area (Å²) in [4.78, 5) is 6.76. The molecule has 0 saturated carbocycles. The lowest BCUT2D eigenvalue weighted by molar-refractivity contribution is 0.565. The molecule has 1 heterocycles. The molecule has 1 aliphatic heterocycles. The van der Waals surface area contributed by atoms with Gasteiger partial charge < -0.3 is 15.5 Å². The van der Waals surface area contributed by atoms with Crippen LogP contribution in [0.4, 0.5) is 5.69 Å². The summed E-state index contributed by atoms with van der Waals surface area (Å²) in [6.07, 6.45) is 1.20. The van der Waals surface area contributed by atoms with Crippen LogP contribution in [0.15, 0.2) is 59.6 Å². The molecular formula is C20H26ClIN4. The number of hydrogen-bond acceptors (Lipinski definition) is 2. The van der Waals surface area contributed by atoms with E-state index in [0.29, 0.717) is 12.5 Å². The van der Waals surface area contributed by atoms with Gasteiger partial charge in [-0.05, 0) is 36.1 Å². The average molecular weight is 485 g/mol. The lowest BCUT2D eigenvalue weighted by atomic mass is 10.1. The quantitative estimate of drug-likeness (QED) is 0.380. The summed E-state index contributed by atoms with van der Waals surface area (Å²) in [7, 11) is 1.80. The molecule has 6 heteroatoms. The Morgan fingerprint density at radius 2 is 1.85 bits per heavy atom. The fourth-order valence-electron chi connectivity index (χ4n) is 3.15. The molecule has 4 nitrogen and oxygen atoms in total. The monoisotopic (exact) mass is 484 g/mol. The van der Waals surface area contributed by atoms with Gasteiger partial charge in [0, 0.05) is 43.9 Å². The van der Waals surface area contributed by atoms with Crippen LogP contribution in [-0.4, -0.2) is 32.6 Å². The van der Waals surface area contributed by atoms with E-state index in [2.05, 4.69) is 50.9 Å². The van der Waals surface area contributed by atoms with Crippen molar-refractivity contribution in [3.05, 3.63) is 65.2 Å². The molecule has 140 valence electrons. The van der Waals surface area contributed by atoms with Gasteiger partial charge in [0.15, 0.2) is 5.96 Å². The second-order valence-corrected chi connectivity index (χ2v) is 6.74. The maximum absolute atomic E-state index is 6.20. The number of nitrogens with zero attached hydrogens (tertiary/aromatic N) is 2. The van der Waals surface area contributed by atoms with E-state index in [0.717, 1.165) is 36.2 Å². The van der Waals surface area contributed by atoms with Crippen molar-refractivity contribution in [2.75, 3.05) is 31.6 Å². The number of benzene rings is 2. The minimum atomic E-state index is 0. The van der Waals surface area contributed by atoms with Crippen molar-refractivity contribution in [3.63, 3.8) is 0 Å². The van der Waals surface area contributed by atoms with Crippen molar-refractivity contribution < 1.29 is 0 Å². The Morgan fingerprint density at radius 3 is 2.58 bits per heavy atom. The van der Waals surface area contributed by atoms with Crippen LogP contribution in [0.1, 0.15) is 12.0 Å². The lowest BCUT2D eigenvalue weighted by Gasteiger charge is -2.19. The summed E-state index contributed by atoms with van der Waals surface area (Å²) < 4.78 is 0. The first kappa shape index (κ1) is 20.8. The second-order valence-electron chi connectivity index (χ2n) is 6.33. The molecule has 0 amide bonds. The van der Waals surface area contributed by atoms with Gasteiger partial charge in [0.1, 0.15) is 0 Å². The maximum Gasteiger partial charge on any atom is 0.191 e. The molecule has 1 unspecified atom stereocenters. The van der Waals surface area contributed by atoms with Crippen molar-refractivity contribution in [2.45, 2.75) is 13.0 Å². The van der Waals surface area contributed by atoms with E-state index in [-0.39, 0.29) is 24.0 Å². The van der Waals surface area contributed by atoms with Crippen LogP contribution in [0.5, 0.6) is 0 Å². The van der Waals surface area contributed by atoms with Crippen molar-refractivity contribution in [3.8, 4) is 0 Å². The zero-order valence-corrected chi connectivity index (χ0v) is 18.1. The topological polar surface area (TPSA) is 39.7 Å². The van der Waals surface area contributed by atoms with Crippen LogP contribution in [0.2, 0.25) is 5.02 Å². The Balaban J connectivity index is 0.00000243. The number of hydrogen-bond donors (Lipinski definition) is 2. The molecule has 26 heavy (non-hydrogen) atoms. The molecular weight excluding hydrogens is 459 g/mol.